The molecule has 72 valence electrons. The van der Waals surface area contributed by atoms with Gasteiger partial charge in [-0.25, -0.2) is 0 Å². The summed E-state index contributed by atoms with van der Waals surface area (Å²) < 4.78 is 5.43. The first-order valence-corrected chi connectivity index (χ1v) is 5.18. The topological polar surface area (TPSA) is 35.2 Å². The first-order chi connectivity index (χ1) is 5.84. The number of nitrogens with two attached hydrogens (primary N) is 1. The highest BCUT2D eigenvalue weighted by molar-refractivity contribution is 4.77. The first kappa shape index (κ1) is 10.0. The molecule has 0 spiro atoms. The second kappa shape index (κ2) is 5.55. The minimum Gasteiger partial charge on any atom is -0.380 e. The van der Waals surface area contributed by atoms with Gasteiger partial charge >= 0.3 is 0 Å². The molecule has 0 aliphatic heterocycles. The van der Waals surface area contributed by atoms with E-state index in [1.54, 1.807) is 0 Å². The SMILES string of the molecule is CCCOCC(N)C1CCCC1. The zero-order valence-electron chi connectivity index (χ0n) is 8.09. The largest absolute Gasteiger partial charge is 0.380 e. The molecular weight excluding hydrogens is 150 g/mol. The van der Waals surface area contributed by atoms with Crippen LogP contribution in [0.1, 0.15) is 39.0 Å². The Labute approximate surface area is 75.5 Å². The van der Waals surface area contributed by atoms with E-state index in [0.29, 0.717) is 6.04 Å². The van der Waals surface area contributed by atoms with E-state index in [2.05, 4.69) is 6.92 Å². The predicted octanol–water partition coefficient (Wildman–Crippen LogP) is 1.93. The van der Waals surface area contributed by atoms with Crippen molar-refractivity contribution >= 4 is 0 Å². The third kappa shape index (κ3) is 3.11. The van der Waals surface area contributed by atoms with Gasteiger partial charge in [-0.05, 0) is 25.2 Å². The van der Waals surface area contributed by atoms with Crippen molar-refractivity contribution < 1.29 is 4.74 Å². The summed E-state index contributed by atoms with van der Waals surface area (Å²) in [4.78, 5) is 0. The molecule has 1 atom stereocenters. The minimum atomic E-state index is 0.291. The zero-order valence-corrected chi connectivity index (χ0v) is 8.09. The molecule has 2 heteroatoms. The normalized spacial score (nSPS) is 21.5. The Bertz CT molecular complexity index is 110. The highest BCUT2D eigenvalue weighted by Gasteiger charge is 2.21. The van der Waals surface area contributed by atoms with Crippen LogP contribution >= 0.6 is 0 Å². The molecule has 1 aliphatic carbocycles. The van der Waals surface area contributed by atoms with Gasteiger partial charge in [0.2, 0.25) is 0 Å². The molecule has 0 aromatic carbocycles. The molecule has 1 rings (SSSR count). The molecule has 0 radical (unpaired) electrons. The van der Waals surface area contributed by atoms with Crippen LogP contribution < -0.4 is 5.73 Å². The molecule has 1 aliphatic rings. The van der Waals surface area contributed by atoms with E-state index in [1.165, 1.54) is 25.7 Å². The molecule has 0 aromatic heterocycles. The second-order valence-corrected chi connectivity index (χ2v) is 3.78. The Morgan fingerprint density at radius 2 is 2.08 bits per heavy atom. The molecular formula is C10H21NO. The molecule has 1 fully saturated rings. The van der Waals surface area contributed by atoms with E-state index >= 15 is 0 Å². The van der Waals surface area contributed by atoms with Crippen molar-refractivity contribution in [2.24, 2.45) is 11.7 Å². The molecule has 1 saturated carbocycles. The lowest BCUT2D eigenvalue weighted by Crippen LogP contribution is -2.33. The lowest BCUT2D eigenvalue weighted by molar-refractivity contribution is 0.106. The van der Waals surface area contributed by atoms with Crippen molar-refractivity contribution in [1.82, 2.24) is 0 Å². The summed E-state index contributed by atoms with van der Waals surface area (Å²) in [5.74, 6) is 0.738. The van der Waals surface area contributed by atoms with Gasteiger partial charge in [0.25, 0.3) is 0 Å². The Morgan fingerprint density at radius 1 is 1.42 bits per heavy atom. The lowest BCUT2D eigenvalue weighted by atomic mass is 10.00. The van der Waals surface area contributed by atoms with E-state index in [-0.39, 0.29) is 0 Å². The Kier molecular flexibility index (Phi) is 4.62. The standard InChI is InChI=1S/C10H21NO/c1-2-7-12-8-10(11)9-5-3-4-6-9/h9-10H,2-8,11H2,1H3. The van der Waals surface area contributed by atoms with Crippen molar-refractivity contribution in [1.29, 1.82) is 0 Å². The van der Waals surface area contributed by atoms with Gasteiger partial charge in [0, 0.05) is 12.6 Å². The van der Waals surface area contributed by atoms with Crippen molar-refractivity contribution in [2.45, 2.75) is 45.1 Å². The fraction of sp³-hybridized carbons (Fsp3) is 1.00. The molecule has 2 N–H and O–H groups in total. The Hall–Kier alpha value is -0.0800. The van der Waals surface area contributed by atoms with E-state index in [1.807, 2.05) is 0 Å². The number of ether oxygens (including phenoxy) is 1. The fourth-order valence-corrected chi connectivity index (χ4v) is 1.89. The molecule has 0 heterocycles. The molecule has 0 amide bonds. The van der Waals surface area contributed by atoms with Gasteiger partial charge in [-0.15, -0.1) is 0 Å². The molecule has 0 bridgehead atoms. The summed E-state index contributed by atoms with van der Waals surface area (Å²) in [5.41, 5.74) is 5.99. The lowest BCUT2D eigenvalue weighted by Gasteiger charge is -2.18. The van der Waals surface area contributed by atoms with E-state index in [9.17, 15) is 0 Å². The molecule has 0 saturated heterocycles. The Morgan fingerprint density at radius 3 is 2.67 bits per heavy atom. The summed E-state index contributed by atoms with van der Waals surface area (Å²) in [6.07, 6.45) is 6.46. The van der Waals surface area contributed by atoms with Gasteiger partial charge in [-0.3, -0.25) is 0 Å². The van der Waals surface area contributed by atoms with Crippen LogP contribution in [0.5, 0.6) is 0 Å². The summed E-state index contributed by atoms with van der Waals surface area (Å²) in [5, 5.41) is 0. The van der Waals surface area contributed by atoms with Crippen LogP contribution in [-0.2, 0) is 4.74 Å². The van der Waals surface area contributed by atoms with E-state index in [0.717, 1.165) is 25.6 Å². The summed E-state index contributed by atoms with van der Waals surface area (Å²) in [6.45, 7) is 3.75. The van der Waals surface area contributed by atoms with Gasteiger partial charge in [-0.1, -0.05) is 19.8 Å². The predicted molar refractivity (Wildman–Crippen MR) is 51.0 cm³/mol. The molecule has 0 aromatic rings. The van der Waals surface area contributed by atoms with Crippen LogP contribution in [0, 0.1) is 5.92 Å². The number of rotatable bonds is 5. The van der Waals surface area contributed by atoms with Crippen LogP contribution in [-0.4, -0.2) is 19.3 Å². The van der Waals surface area contributed by atoms with Crippen molar-refractivity contribution in [3.05, 3.63) is 0 Å². The van der Waals surface area contributed by atoms with Crippen LogP contribution in [0.25, 0.3) is 0 Å². The van der Waals surface area contributed by atoms with E-state index in [4.69, 9.17) is 10.5 Å². The smallest absolute Gasteiger partial charge is 0.0620 e. The minimum absolute atomic E-state index is 0.291. The monoisotopic (exact) mass is 171 g/mol. The van der Waals surface area contributed by atoms with Crippen molar-refractivity contribution in [3.63, 3.8) is 0 Å². The Balaban J connectivity index is 2.05. The van der Waals surface area contributed by atoms with Crippen LogP contribution in [0.2, 0.25) is 0 Å². The highest BCUT2D eigenvalue weighted by atomic mass is 16.5. The highest BCUT2D eigenvalue weighted by Crippen LogP contribution is 2.26. The third-order valence-corrected chi connectivity index (χ3v) is 2.66. The second-order valence-electron chi connectivity index (χ2n) is 3.78. The fourth-order valence-electron chi connectivity index (χ4n) is 1.89. The van der Waals surface area contributed by atoms with Crippen molar-refractivity contribution in [3.8, 4) is 0 Å². The van der Waals surface area contributed by atoms with Crippen LogP contribution in [0.3, 0.4) is 0 Å². The summed E-state index contributed by atoms with van der Waals surface area (Å²) in [6, 6.07) is 0.291. The summed E-state index contributed by atoms with van der Waals surface area (Å²) >= 11 is 0. The first-order valence-electron chi connectivity index (χ1n) is 5.18. The quantitative estimate of drug-likeness (QED) is 0.641. The third-order valence-electron chi connectivity index (χ3n) is 2.66. The molecule has 1 unspecified atom stereocenters. The van der Waals surface area contributed by atoms with Gasteiger partial charge < -0.3 is 10.5 Å². The van der Waals surface area contributed by atoms with Crippen LogP contribution in [0.4, 0.5) is 0 Å². The number of hydrogen-bond donors (Lipinski definition) is 1. The van der Waals surface area contributed by atoms with Gasteiger partial charge in [-0.2, -0.15) is 0 Å². The maximum Gasteiger partial charge on any atom is 0.0620 e. The van der Waals surface area contributed by atoms with Gasteiger partial charge in [0.15, 0.2) is 0 Å². The maximum atomic E-state index is 5.99. The van der Waals surface area contributed by atoms with Crippen molar-refractivity contribution in [2.75, 3.05) is 13.2 Å². The molecule has 2 nitrogen and oxygen atoms in total. The van der Waals surface area contributed by atoms with Gasteiger partial charge in [0.05, 0.1) is 6.61 Å². The molecule has 12 heavy (non-hydrogen) atoms. The van der Waals surface area contributed by atoms with Gasteiger partial charge in [0.1, 0.15) is 0 Å². The van der Waals surface area contributed by atoms with Crippen LogP contribution in [0.15, 0.2) is 0 Å². The number of hydrogen-bond acceptors (Lipinski definition) is 2. The average Bonchev–Trinajstić information content (AvgIpc) is 2.56. The zero-order chi connectivity index (χ0) is 8.81. The average molecular weight is 171 g/mol. The summed E-state index contributed by atoms with van der Waals surface area (Å²) in [7, 11) is 0. The maximum absolute atomic E-state index is 5.99. The van der Waals surface area contributed by atoms with E-state index < -0.39 is 0 Å².